The molecule has 4 rings (SSSR count). The molecule has 0 radical (unpaired) electrons. The molecule has 1 aliphatic heterocycles. The van der Waals surface area contributed by atoms with Gasteiger partial charge in [-0.05, 0) is 46.4 Å². The first-order valence-corrected chi connectivity index (χ1v) is 8.56. The van der Waals surface area contributed by atoms with Crippen molar-refractivity contribution in [2.24, 2.45) is 4.99 Å². The van der Waals surface area contributed by atoms with Gasteiger partial charge < -0.3 is 5.11 Å². The molecule has 0 amide bonds. The lowest BCUT2D eigenvalue weighted by Gasteiger charge is -2.15. The molecule has 25 heavy (non-hydrogen) atoms. The first kappa shape index (κ1) is 15.7. The van der Waals surface area contributed by atoms with Crippen LogP contribution in [0.1, 0.15) is 28.2 Å². The molecule has 3 nitrogen and oxygen atoms in total. The number of fused-ring (bicyclic) bond motifs is 1. The van der Waals surface area contributed by atoms with E-state index in [1.54, 1.807) is 0 Å². The van der Waals surface area contributed by atoms with Crippen molar-refractivity contribution >= 4 is 6.21 Å². The molecule has 0 fully saturated rings. The summed E-state index contributed by atoms with van der Waals surface area (Å²) in [5, 5.41) is 9.80. The predicted octanol–water partition coefficient (Wildman–Crippen LogP) is 4.00. The number of aliphatic imine (C=N–C) groups is 1. The van der Waals surface area contributed by atoms with Crippen molar-refractivity contribution in [1.29, 1.82) is 0 Å². The third kappa shape index (κ3) is 3.37. The minimum Gasteiger partial charge on any atom is -0.396 e. The second-order valence-corrected chi connectivity index (χ2v) is 6.46. The van der Waals surface area contributed by atoms with Crippen LogP contribution in [-0.2, 0) is 13.0 Å². The van der Waals surface area contributed by atoms with Crippen LogP contribution in [0.3, 0.4) is 0 Å². The largest absolute Gasteiger partial charge is 0.396 e. The lowest BCUT2D eigenvalue weighted by molar-refractivity contribution is 0.264. The van der Waals surface area contributed by atoms with E-state index in [1.807, 2.05) is 36.8 Å². The van der Waals surface area contributed by atoms with Crippen LogP contribution in [-0.4, -0.2) is 22.9 Å². The van der Waals surface area contributed by atoms with Crippen LogP contribution in [0.25, 0.3) is 11.1 Å². The third-order valence-corrected chi connectivity index (χ3v) is 4.74. The number of pyridine rings is 1. The summed E-state index contributed by atoms with van der Waals surface area (Å²) in [4.78, 5) is 8.74. The molecular formula is C22H20N2O. The Bertz CT molecular complexity index is 903. The van der Waals surface area contributed by atoms with Crippen LogP contribution in [0.4, 0.5) is 0 Å². The van der Waals surface area contributed by atoms with Crippen LogP contribution in [0.2, 0.25) is 0 Å². The molecule has 124 valence electrons. The van der Waals surface area contributed by atoms with Gasteiger partial charge in [0.1, 0.15) is 0 Å². The Labute approximate surface area is 147 Å². The van der Waals surface area contributed by atoms with Gasteiger partial charge in [0.2, 0.25) is 0 Å². The summed E-state index contributed by atoms with van der Waals surface area (Å²) in [5.74, 6) is 0.0883. The van der Waals surface area contributed by atoms with Crippen LogP contribution >= 0.6 is 0 Å². The highest BCUT2D eigenvalue weighted by Crippen LogP contribution is 2.26. The van der Waals surface area contributed by atoms with E-state index < -0.39 is 0 Å². The Balaban J connectivity index is 1.60. The molecule has 0 saturated carbocycles. The molecule has 1 aliphatic rings. The summed E-state index contributed by atoms with van der Waals surface area (Å²) in [6.07, 6.45) is 6.50. The molecule has 0 bridgehead atoms. The Morgan fingerprint density at radius 3 is 2.68 bits per heavy atom. The summed E-state index contributed by atoms with van der Waals surface area (Å²) >= 11 is 0. The first-order valence-electron chi connectivity index (χ1n) is 8.56. The standard InChI is InChI=1S/C22H20N2O/c25-15-22(17-4-2-1-3-5-17)9-16-8-20(13-23-11-16)18-6-7-19-12-24-14-21(19)10-18/h1-8,10-11,13-14,22,25H,9,12,15H2/t22-/m0/s1. The third-order valence-electron chi connectivity index (χ3n) is 4.74. The number of hydrogen-bond donors (Lipinski definition) is 1. The fourth-order valence-electron chi connectivity index (χ4n) is 3.34. The lowest BCUT2D eigenvalue weighted by atomic mass is 9.92. The molecule has 0 aliphatic carbocycles. The Kier molecular flexibility index (Phi) is 4.40. The highest BCUT2D eigenvalue weighted by molar-refractivity contribution is 5.86. The maximum Gasteiger partial charge on any atom is 0.0646 e. The molecule has 3 heteroatoms. The van der Waals surface area contributed by atoms with Crippen molar-refractivity contribution in [2.45, 2.75) is 18.9 Å². The Morgan fingerprint density at radius 2 is 1.84 bits per heavy atom. The normalized spacial score (nSPS) is 13.6. The smallest absolute Gasteiger partial charge is 0.0646 e. The van der Waals surface area contributed by atoms with E-state index in [9.17, 15) is 5.11 Å². The van der Waals surface area contributed by atoms with Crippen LogP contribution in [0.15, 0.2) is 72.0 Å². The average molecular weight is 328 g/mol. The molecule has 0 unspecified atom stereocenters. The number of rotatable bonds is 5. The minimum absolute atomic E-state index is 0.0883. The van der Waals surface area contributed by atoms with Crippen molar-refractivity contribution in [3.8, 4) is 11.1 Å². The van der Waals surface area contributed by atoms with Crippen LogP contribution < -0.4 is 0 Å². The van der Waals surface area contributed by atoms with Crippen molar-refractivity contribution in [3.05, 3.63) is 89.2 Å². The fourth-order valence-corrected chi connectivity index (χ4v) is 3.34. The summed E-state index contributed by atoms with van der Waals surface area (Å²) < 4.78 is 0. The zero-order valence-corrected chi connectivity index (χ0v) is 14.0. The molecule has 3 aromatic rings. The second-order valence-electron chi connectivity index (χ2n) is 6.46. The summed E-state index contributed by atoms with van der Waals surface area (Å²) in [6, 6.07) is 18.8. The van der Waals surface area contributed by atoms with E-state index in [1.165, 1.54) is 11.1 Å². The van der Waals surface area contributed by atoms with Crippen LogP contribution in [0.5, 0.6) is 0 Å². The van der Waals surface area contributed by atoms with Gasteiger partial charge in [0.05, 0.1) is 13.2 Å². The highest BCUT2D eigenvalue weighted by atomic mass is 16.3. The van der Waals surface area contributed by atoms with Crippen LogP contribution in [0, 0.1) is 0 Å². The van der Waals surface area contributed by atoms with E-state index >= 15 is 0 Å². The molecule has 2 heterocycles. The second kappa shape index (κ2) is 6.99. The summed E-state index contributed by atoms with van der Waals surface area (Å²) in [7, 11) is 0. The number of nitrogens with zero attached hydrogens (tertiary/aromatic N) is 2. The molecule has 2 aromatic carbocycles. The van der Waals surface area contributed by atoms with Gasteiger partial charge in [-0.3, -0.25) is 9.98 Å². The van der Waals surface area contributed by atoms with Crippen molar-refractivity contribution < 1.29 is 5.11 Å². The average Bonchev–Trinajstić information content (AvgIpc) is 3.15. The number of benzene rings is 2. The number of hydrogen-bond acceptors (Lipinski definition) is 3. The SMILES string of the molecule is OC[C@H](Cc1cncc(-c2ccc3c(c2)C=NC3)c1)c1ccccc1. The molecule has 0 saturated heterocycles. The van der Waals surface area contributed by atoms with Gasteiger partial charge in [0.25, 0.3) is 0 Å². The summed E-state index contributed by atoms with van der Waals surface area (Å²) in [6.45, 7) is 0.909. The monoisotopic (exact) mass is 328 g/mol. The van der Waals surface area contributed by atoms with E-state index in [2.05, 4.69) is 46.4 Å². The highest BCUT2D eigenvalue weighted by Gasteiger charge is 2.13. The first-order chi connectivity index (χ1) is 12.3. The van der Waals surface area contributed by atoms with Gasteiger partial charge in [0.15, 0.2) is 0 Å². The molecule has 1 atom stereocenters. The number of aliphatic hydroxyl groups is 1. The van der Waals surface area contributed by atoms with Gasteiger partial charge in [-0.25, -0.2) is 0 Å². The van der Waals surface area contributed by atoms with E-state index in [0.29, 0.717) is 0 Å². The fraction of sp³-hybridized carbons (Fsp3) is 0.182. The zero-order valence-electron chi connectivity index (χ0n) is 14.0. The van der Waals surface area contributed by atoms with Gasteiger partial charge in [-0.1, -0.05) is 42.5 Å². The van der Waals surface area contributed by atoms with E-state index in [0.717, 1.165) is 35.2 Å². The number of aliphatic hydroxyl groups excluding tert-OH is 1. The molecule has 1 aromatic heterocycles. The maximum atomic E-state index is 9.80. The van der Waals surface area contributed by atoms with E-state index in [4.69, 9.17) is 0 Å². The van der Waals surface area contributed by atoms with Gasteiger partial charge in [0, 0.05) is 30.1 Å². The lowest BCUT2D eigenvalue weighted by Crippen LogP contribution is -2.08. The predicted molar refractivity (Wildman–Crippen MR) is 101 cm³/mol. The molecule has 0 spiro atoms. The Hall–Kier alpha value is -2.78. The van der Waals surface area contributed by atoms with Gasteiger partial charge in [-0.2, -0.15) is 0 Å². The zero-order chi connectivity index (χ0) is 17.1. The number of aromatic nitrogens is 1. The summed E-state index contributed by atoms with van der Waals surface area (Å²) in [5.41, 5.74) is 7.02. The molecule has 1 N–H and O–H groups in total. The Morgan fingerprint density at radius 1 is 0.960 bits per heavy atom. The minimum atomic E-state index is 0.0883. The quantitative estimate of drug-likeness (QED) is 0.769. The molecular weight excluding hydrogens is 308 g/mol. The van der Waals surface area contributed by atoms with Crippen molar-refractivity contribution in [2.75, 3.05) is 6.61 Å². The maximum absolute atomic E-state index is 9.80. The van der Waals surface area contributed by atoms with Crippen molar-refractivity contribution in [1.82, 2.24) is 4.98 Å². The van der Waals surface area contributed by atoms with Gasteiger partial charge in [-0.15, -0.1) is 0 Å². The van der Waals surface area contributed by atoms with E-state index in [-0.39, 0.29) is 12.5 Å². The van der Waals surface area contributed by atoms with Crippen molar-refractivity contribution in [3.63, 3.8) is 0 Å². The van der Waals surface area contributed by atoms with Gasteiger partial charge >= 0.3 is 0 Å². The topological polar surface area (TPSA) is 45.5 Å².